The van der Waals surface area contributed by atoms with Crippen LogP contribution >= 0.6 is 0 Å². The van der Waals surface area contributed by atoms with Crippen molar-refractivity contribution in [3.8, 4) is 0 Å². The lowest BCUT2D eigenvalue weighted by Gasteiger charge is -2.17. The molecule has 0 atom stereocenters. The molecule has 1 amide bonds. The average molecular weight is 364 g/mol. The first-order chi connectivity index (χ1) is 12.9. The number of pyridine rings is 1. The second-order valence-corrected chi connectivity index (χ2v) is 7.14. The predicted molar refractivity (Wildman–Crippen MR) is 99.9 cm³/mol. The second kappa shape index (κ2) is 6.19. The standard InChI is InChI=1S/C20H20N4O3/c1-12-15(9-17-16(23-12)10-22-24(17)2)18(25)21-11-20(6-7-20)14-5-3-4-13(8-14)19(26)27/h3-5,8-10H,6-7,11H2,1-2H3,(H,21,25)(H,26,27). The molecule has 0 aliphatic heterocycles. The van der Waals surface area contributed by atoms with Gasteiger partial charge in [0.1, 0.15) is 5.52 Å². The van der Waals surface area contributed by atoms with Gasteiger partial charge in [-0.15, -0.1) is 0 Å². The molecule has 27 heavy (non-hydrogen) atoms. The fourth-order valence-corrected chi connectivity index (χ4v) is 3.45. The van der Waals surface area contributed by atoms with Crippen molar-refractivity contribution in [2.24, 2.45) is 7.05 Å². The molecule has 7 heteroatoms. The number of nitrogens with one attached hydrogen (secondary N) is 1. The minimum absolute atomic E-state index is 0.177. The summed E-state index contributed by atoms with van der Waals surface area (Å²) in [6.45, 7) is 2.28. The van der Waals surface area contributed by atoms with Crippen molar-refractivity contribution < 1.29 is 14.7 Å². The summed E-state index contributed by atoms with van der Waals surface area (Å²) in [5.41, 5.74) is 3.80. The van der Waals surface area contributed by atoms with Crippen LogP contribution in [0.15, 0.2) is 36.5 Å². The van der Waals surface area contributed by atoms with E-state index in [9.17, 15) is 14.7 Å². The molecule has 1 aromatic carbocycles. The van der Waals surface area contributed by atoms with Gasteiger partial charge < -0.3 is 10.4 Å². The van der Waals surface area contributed by atoms with Gasteiger partial charge in [0.25, 0.3) is 5.91 Å². The fraction of sp³-hybridized carbons (Fsp3) is 0.300. The van der Waals surface area contributed by atoms with E-state index in [4.69, 9.17) is 0 Å². The van der Waals surface area contributed by atoms with Gasteiger partial charge >= 0.3 is 5.97 Å². The summed E-state index contributed by atoms with van der Waals surface area (Å²) < 4.78 is 1.69. The molecule has 7 nitrogen and oxygen atoms in total. The lowest BCUT2D eigenvalue weighted by Crippen LogP contribution is -2.33. The molecule has 1 fully saturated rings. The summed E-state index contributed by atoms with van der Waals surface area (Å²) in [4.78, 5) is 28.4. The number of aromatic nitrogens is 3. The SMILES string of the molecule is Cc1nc2cnn(C)c2cc1C(=O)NCC1(c2cccc(C(=O)O)c2)CC1. The van der Waals surface area contributed by atoms with Crippen LogP contribution in [0.5, 0.6) is 0 Å². The highest BCUT2D eigenvalue weighted by Crippen LogP contribution is 2.47. The normalized spacial score (nSPS) is 14.9. The summed E-state index contributed by atoms with van der Waals surface area (Å²) in [6.07, 6.45) is 3.53. The van der Waals surface area contributed by atoms with Crippen LogP contribution in [0.1, 0.15) is 44.8 Å². The van der Waals surface area contributed by atoms with Gasteiger partial charge in [-0.25, -0.2) is 9.78 Å². The number of rotatable bonds is 5. The fourth-order valence-electron chi connectivity index (χ4n) is 3.45. The molecule has 138 valence electrons. The van der Waals surface area contributed by atoms with Crippen molar-refractivity contribution in [3.05, 3.63) is 58.9 Å². The van der Waals surface area contributed by atoms with Crippen molar-refractivity contribution in [2.75, 3.05) is 6.54 Å². The van der Waals surface area contributed by atoms with Crippen LogP contribution in [-0.4, -0.2) is 38.3 Å². The highest BCUT2D eigenvalue weighted by atomic mass is 16.4. The quantitative estimate of drug-likeness (QED) is 0.725. The molecule has 1 aliphatic rings. The van der Waals surface area contributed by atoms with Crippen LogP contribution < -0.4 is 5.32 Å². The Morgan fingerprint density at radius 1 is 1.30 bits per heavy atom. The van der Waals surface area contributed by atoms with E-state index in [0.717, 1.165) is 29.4 Å². The van der Waals surface area contributed by atoms with Crippen LogP contribution in [-0.2, 0) is 12.5 Å². The Morgan fingerprint density at radius 3 is 2.78 bits per heavy atom. The summed E-state index contributed by atoms with van der Waals surface area (Å²) in [5, 5.41) is 16.4. The molecule has 0 radical (unpaired) electrons. The zero-order valence-corrected chi connectivity index (χ0v) is 15.2. The number of fused-ring (bicyclic) bond motifs is 1. The molecule has 3 aromatic rings. The molecule has 0 spiro atoms. The average Bonchev–Trinajstić information content (AvgIpc) is 3.37. The summed E-state index contributed by atoms with van der Waals surface area (Å²) in [7, 11) is 1.82. The Kier molecular flexibility index (Phi) is 3.95. The Morgan fingerprint density at radius 2 is 2.07 bits per heavy atom. The van der Waals surface area contributed by atoms with Crippen molar-refractivity contribution >= 4 is 22.9 Å². The summed E-state index contributed by atoms with van der Waals surface area (Å²) in [5.74, 6) is -1.12. The number of benzene rings is 1. The van der Waals surface area contributed by atoms with Gasteiger partial charge in [0, 0.05) is 19.0 Å². The number of carboxylic acids is 1. The Hall–Kier alpha value is -3.22. The van der Waals surface area contributed by atoms with Gasteiger partial charge in [-0.1, -0.05) is 12.1 Å². The van der Waals surface area contributed by atoms with Crippen LogP contribution in [0.4, 0.5) is 0 Å². The van der Waals surface area contributed by atoms with Crippen LogP contribution in [0.3, 0.4) is 0 Å². The van der Waals surface area contributed by atoms with E-state index in [1.54, 1.807) is 29.1 Å². The predicted octanol–water partition coefficient (Wildman–Crippen LogP) is 2.44. The van der Waals surface area contributed by atoms with Crippen molar-refractivity contribution in [1.82, 2.24) is 20.1 Å². The van der Waals surface area contributed by atoms with Gasteiger partial charge in [-0.3, -0.25) is 9.48 Å². The van der Waals surface area contributed by atoms with Gasteiger partial charge in [0.15, 0.2) is 0 Å². The largest absolute Gasteiger partial charge is 0.478 e. The second-order valence-electron chi connectivity index (χ2n) is 7.14. The number of hydrogen-bond donors (Lipinski definition) is 2. The molecule has 0 unspecified atom stereocenters. The number of amides is 1. The maximum atomic E-state index is 12.7. The van der Waals surface area contributed by atoms with Gasteiger partial charge in [0.05, 0.1) is 28.5 Å². The van der Waals surface area contributed by atoms with Crippen molar-refractivity contribution in [3.63, 3.8) is 0 Å². The summed E-state index contributed by atoms with van der Waals surface area (Å²) in [6, 6.07) is 8.78. The molecule has 2 N–H and O–H groups in total. The number of hydrogen-bond acceptors (Lipinski definition) is 4. The minimum Gasteiger partial charge on any atom is -0.478 e. The van der Waals surface area contributed by atoms with Gasteiger partial charge in [0.2, 0.25) is 0 Å². The lowest BCUT2D eigenvalue weighted by molar-refractivity contribution is 0.0696. The first kappa shape index (κ1) is 17.2. The number of aromatic carboxylic acids is 1. The van der Waals surface area contributed by atoms with E-state index >= 15 is 0 Å². The number of carbonyl (C=O) groups is 2. The van der Waals surface area contributed by atoms with Crippen LogP contribution in [0, 0.1) is 6.92 Å². The minimum atomic E-state index is -0.942. The van der Waals surface area contributed by atoms with Crippen LogP contribution in [0.2, 0.25) is 0 Å². The summed E-state index contributed by atoms with van der Waals surface area (Å²) >= 11 is 0. The third-order valence-electron chi connectivity index (χ3n) is 5.33. The lowest BCUT2D eigenvalue weighted by atomic mass is 9.94. The molecule has 0 bridgehead atoms. The monoisotopic (exact) mass is 364 g/mol. The van der Waals surface area contributed by atoms with E-state index < -0.39 is 5.97 Å². The van der Waals surface area contributed by atoms with Gasteiger partial charge in [-0.05, 0) is 43.5 Å². The van der Waals surface area contributed by atoms with E-state index in [1.807, 2.05) is 26.1 Å². The number of aryl methyl sites for hydroxylation is 2. The van der Waals surface area contributed by atoms with E-state index in [-0.39, 0.29) is 16.9 Å². The van der Waals surface area contributed by atoms with Gasteiger partial charge in [-0.2, -0.15) is 5.10 Å². The maximum absolute atomic E-state index is 12.7. The topological polar surface area (TPSA) is 97.1 Å². The Bertz CT molecular complexity index is 1070. The first-order valence-electron chi connectivity index (χ1n) is 8.81. The number of carbonyl (C=O) groups excluding carboxylic acids is 1. The molecule has 0 saturated heterocycles. The number of nitrogens with zero attached hydrogens (tertiary/aromatic N) is 3. The molecule has 1 aliphatic carbocycles. The van der Waals surface area contributed by atoms with Crippen molar-refractivity contribution in [1.29, 1.82) is 0 Å². The maximum Gasteiger partial charge on any atom is 0.335 e. The molecule has 1 saturated carbocycles. The molecular formula is C20H20N4O3. The third kappa shape index (κ3) is 3.05. The molecular weight excluding hydrogens is 344 g/mol. The molecule has 2 heterocycles. The molecule has 4 rings (SSSR count). The van der Waals surface area contributed by atoms with Crippen LogP contribution in [0.25, 0.3) is 11.0 Å². The smallest absolute Gasteiger partial charge is 0.335 e. The third-order valence-corrected chi connectivity index (χ3v) is 5.33. The highest BCUT2D eigenvalue weighted by molar-refractivity contribution is 5.98. The zero-order chi connectivity index (χ0) is 19.2. The van der Waals surface area contributed by atoms with E-state index in [0.29, 0.717) is 17.8 Å². The zero-order valence-electron chi connectivity index (χ0n) is 15.2. The van der Waals surface area contributed by atoms with E-state index in [2.05, 4.69) is 15.4 Å². The first-order valence-corrected chi connectivity index (χ1v) is 8.81. The number of carboxylic acid groups (broad SMARTS) is 1. The Labute approximate surface area is 156 Å². The van der Waals surface area contributed by atoms with Crippen molar-refractivity contribution in [2.45, 2.75) is 25.2 Å². The van der Waals surface area contributed by atoms with E-state index in [1.165, 1.54) is 0 Å². The Balaban J connectivity index is 1.54. The highest BCUT2D eigenvalue weighted by Gasteiger charge is 2.44. The molecule has 2 aromatic heterocycles.